The number of nitro benzene ring substituents is 1. The summed E-state index contributed by atoms with van der Waals surface area (Å²) in [5.74, 6) is -0.305. The van der Waals surface area contributed by atoms with Crippen LogP contribution in [-0.4, -0.2) is 32.0 Å². The first-order chi connectivity index (χ1) is 15.4. The fourth-order valence-corrected chi connectivity index (χ4v) is 4.12. The lowest BCUT2D eigenvalue weighted by atomic mass is 10.0. The first-order valence-corrected chi connectivity index (χ1v) is 10.8. The van der Waals surface area contributed by atoms with Crippen molar-refractivity contribution in [1.82, 2.24) is 9.97 Å². The number of carbonyl (C=O) groups is 1. The molecule has 32 heavy (non-hydrogen) atoms. The van der Waals surface area contributed by atoms with Crippen molar-refractivity contribution in [2.24, 2.45) is 5.73 Å². The van der Waals surface area contributed by atoms with Crippen LogP contribution in [0, 0.1) is 10.1 Å². The molecule has 4 aromatic rings. The van der Waals surface area contributed by atoms with Crippen LogP contribution in [0.2, 0.25) is 0 Å². The van der Waals surface area contributed by atoms with E-state index in [4.69, 9.17) is 10.8 Å². The topological polar surface area (TPSA) is 135 Å². The number of non-ortho nitro benzene ring substituents is 1. The third-order valence-electron chi connectivity index (χ3n) is 5.04. The Labute approximate surface area is 187 Å². The Morgan fingerprint density at radius 3 is 2.28 bits per heavy atom. The van der Waals surface area contributed by atoms with E-state index in [0.717, 1.165) is 22.3 Å². The third kappa shape index (κ3) is 4.96. The van der Waals surface area contributed by atoms with Crippen LogP contribution in [0.1, 0.15) is 11.1 Å². The summed E-state index contributed by atoms with van der Waals surface area (Å²) in [6.45, 7) is 0. The summed E-state index contributed by atoms with van der Waals surface area (Å²) in [6.07, 6.45) is 0.293. The van der Waals surface area contributed by atoms with Gasteiger partial charge in [0.15, 0.2) is 5.16 Å². The lowest BCUT2D eigenvalue weighted by Gasteiger charge is -2.08. The zero-order valence-corrected chi connectivity index (χ0v) is 17.7. The Morgan fingerprint density at radius 2 is 1.69 bits per heavy atom. The molecule has 8 nitrogen and oxygen atoms in total. The van der Waals surface area contributed by atoms with Crippen molar-refractivity contribution >= 4 is 34.5 Å². The quantitative estimate of drug-likeness (QED) is 0.207. The second-order valence-electron chi connectivity index (χ2n) is 7.33. The maximum absolute atomic E-state index is 10.9. The number of nitrogens with zero attached hydrogens (tertiary/aromatic N) is 2. The monoisotopic (exact) mass is 448 g/mol. The number of aromatic nitrogens is 2. The summed E-state index contributed by atoms with van der Waals surface area (Å²) in [6, 6.07) is 19.6. The first kappa shape index (κ1) is 21.5. The predicted molar refractivity (Wildman–Crippen MR) is 124 cm³/mol. The Kier molecular flexibility index (Phi) is 6.20. The molecule has 0 amide bonds. The minimum absolute atomic E-state index is 0.0334. The molecule has 0 aliphatic heterocycles. The van der Waals surface area contributed by atoms with Crippen molar-refractivity contribution in [3.05, 3.63) is 88.0 Å². The number of hydrogen-bond acceptors (Lipinski definition) is 6. The van der Waals surface area contributed by atoms with Crippen molar-refractivity contribution in [1.29, 1.82) is 0 Å². The summed E-state index contributed by atoms with van der Waals surface area (Å²) in [5, 5.41) is 20.6. The number of aliphatic carboxylic acids is 1. The van der Waals surface area contributed by atoms with Crippen LogP contribution in [0.15, 0.2) is 71.9 Å². The highest BCUT2D eigenvalue weighted by Crippen LogP contribution is 2.27. The molecule has 9 heteroatoms. The molecular weight excluding hydrogens is 428 g/mol. The van der Waals surface area contributed by atoms with Gasteiger partial charge in [-0.15, -0.1) is 0 Å². The summed E-state index contributed by atoms with van der Waals surface area (Å²) < 4.78 is 0. The maximum Gasteiger partial charge on any atom is 0.320 e. The van der Waals surface area contributed by atoms with Crippen LogP contribution in [0.25, 0.3) is 22.2 Å². The normalized spacial score (nSPS) is 12.0. The molecule has 162 valence electrons. The van der Waals surface area contributed by atoms with E-state index >= 15 is 0 Å². The summed E-state index contributed by atoms with van der Waals surface area (Å²) in [7, 11) is 0. The highest BCUT2D eigenvalue weighted by Gasteiger charge is 2.12. The molecule has 0 fully saturated rings. The lowest BCUT2D eigenvalue weighted by Crippen LogP contribution is -2.32. The Balaban J connectivity index is 1.39. The average Bonchev–Trinajstić information content (AvgIpc) is 3.20. The van der Waals surface area contributed by atoms with Crippen LogP contribution in [0.4, 0.5) is 5.69 Å². The molecule has 0 saturated carbocycles. The van der Waals surface area contributed by atoms with Crippen LogP contribution >= 0.6 is 11.8 Å². The largest absolute Gasteiger partial charge is 0.480 e. The molecular formula is C23H20N4O4S. The number of benzene rings is 3. The lowest BCUT2D eigenvalue weighted by molar-refractivity contribution is -0.384. The second kappa shape index (κ2) is 9.21. The van der Waals surface area contributed by atoms with E-state index in [1.165, 1.54) is 23.9 Å². The molecule has 1 heterocycles. The van der Waals surface area contributed by atoms with Crippen LogP contribution in [0.5, 0.6) is 0 Å². The molecule has 0 aliphatic rings. The van der Waals surface area contributed by atoms with E-state index in [-0.39, 0.29) is 5.69 Å². The minimum atomic E-state index is -1.01. The summed E-state index contributed by atoms with van der Waals surface area (Å²) in [5.41, 5.74) is 11.1. The third-order valence-corrected chi connectivity index (χ3v) is 5.99. The molecule has 3 aromatic carbocycles. The van der Waals surface area contributed by atoms with E-state index in [9.17, 15) is 14.9 Å². The fraction of sp³-hybridized carbons (Fsp3) is 0.130. The number of fused-ring (bicyclic) bond motifs is 1. The van der Waals surface area contributed by atoms with Crippen molar-refractivity contribution < 1.29 is 14.8 Å². The zero-order chi connectivity index (χ0) is 22.7. The van der Waals surface area contributed by atoms with Gasteiger partial charge in [0.25, 0.3) is 5.69 Å². The van der Waals surface area contributed by atoms with Crippen molar-refractivity contribution in [2.45, 2.75) is 23.4 Å². The van der Waals surface area contributed by atoms with E-state index in [1.807, 2.05) is 48.5 Å². The smallest absolute Gasteiger partial charge is 0.320 e. The van der Waals surface area contributed by atoms with Gasteiger partial charge in [0, 0.05) is 17.9 Å². The first-order valence-electron chi connectivity index (χ1n) is 9.82. The van der Waals surface area contributed by atoms with Gasteiger partial charge in [0.2, 0.25) is 0 Å². The number of rotatable bonds is 8. The number of imidazole rings is 1. The highest BCUT2D eigenvalue weighted by atomic mass is 32.2. The average molecular weight is 449 g/mol. The van der Waals surface area contributed by atoms with Gasteiger partial charge in [0.05, 0.1) is 16.0 Å². The minimum Gasteiger partial charge on any atom is -0.480 e. The van der Waals surface area contributed by atoms with E-state index in [0.29, 0.717) is 28.4 Å². The summed E-state index contributed by atoms with van der Waals surface area (Å²) in [4.78, 5) is 29.0. The number of nitro groups is 1. The van der Waals surface area contributed by atoms with Gasteiger partial charge in [-0.1, -0.05) is 60.3 Å². The van der Waals surface area contributed by atoms with E-state index in [2.05, 4.69) is 9.97 Å². The highest BCUT2D eigenvalue weighted by molar-refractivity contribution is 7.98. The van der Waals surface area contributed by atoms with Gasteiger partial charge in [-0.3, -0.25) is 14.9 Å². The fourth-order valence-electron chi connectivity index (χ4n) is 3.28. The van der Waals surface area contributed by atoms with Gasteiger partial charge in [-0.25, -0.2) is 4.98 Å². The van der Waals surface area contributed by atoms with E-state index in [1.54, 1.807) is 6.07 Å². The Bertz CT molecular complexity index is 1270. The number of thioether (sulfide) groups is 1. The zero-order valence-electron chi connectivity index (χ0n) is 16.9. The van der Waals surface area contributed by atoms with Crippen LogP contribution < -0.4 is 5.73 Å². The van der Waals surface area contributed by atoms with Crippen LogP contribution in [0.3, 0.4) is 0 Å². The molecule has 4 rings (SSSR count). The van der Waals surface area contributed by atoms with Crippen LogP contribution in [-0.2, 0) is 17.0 Å². The van der Waals surface area contributed by atoms with Gasteiger partial charge < -0.3 is 15.8 Å². The van der Waals surface area contributed by atoms with Gasteiger partial charge in [-0.05, 0) is 34.7 Å². The molecule has 0 radical (unpaired) electrons. The molecule has 0 saturated heterocycles. The number of H-pyrrole nitrogens is 1. The number of aromatic amines is 1. The van der Waals surface area contributed by atoms with Gasteiger partial charge >= 0.3 is 5.97 Å². The molecule has 1 aromatic heterocycles. The van der Waals surface area contributed by atoms with Gasteiger partial charge in [0.1, 0.15) is 6.04 Å². The Morgan fingerprint density at radius 1 is 1.06 bits per heavy atom. The van der Waals surface area contributed by atoms with Crippen molar-refractivity contribution in [2.75, 3.05) is 0 Å². The van der Waals surface area contributed by atoms with Crippen molar-refractivity contribution in [3.63, 3.8) is 0 Å². The number of nitrogens with one attached hydrogen (secondary N) is 1. The molecule has 1 atom stereocenters. The molecule has 4 N–H and O–H groups in total. The van der Waals surface area contributed by atoms with E-state index < -0.39 is 16.9 Å². The maximum atomic E-state index is 10.9. The molecule has 1 unspecified atom stereocenters. The molecule has 0 spiro atoms. The van der Waals surface area contributed by atoms with Crippen molar-refractivity contribution in [3.8, 4) is 11.1 Å². The standard InChI is InChI=1S/C23H20N4O4S/c24-19(22(28)29)11-14-1-5-16(6-2-14)17-7-3-15(4-8-17)13-32-23-25-20-10-9-18(27(30)31)12-21(20)26-23/h1-10,12,19H,11,13,24H2,(H,25,26)(H,28,29). The summed E-state index contributed by atoms with van der Waals surface area (Å²) >= 11 is 1.53. The predicted octanol–water partition coefficient (Wildman–Crippen LogP) is 4.38. The number of hydrogen-bond donors (Lipinski definition) is 3. The SMILES string of the molecule is NC(Cc1ccc(-c2ccc(CSc3nc4ccc([N+](=O)[O-])cc4[nH]3)cc2)cc1)C(=O)O. The van der Waals surface area contributed by atoms with Gasteiger partial charge in [-0.2, -0.15) is 0 Å². The molecule has 0 bridgehead atoms. The second-order valence-corrected chi connectivity index (χ2v) is 8.30. The number of nitrogens with two attached hydrogens (primary N) is 1. The molecule has 0 aliphatic carbocycles. The number of carboxylic acids is 1. The Hall–Kier alpha value is -3.69. The number of carboxylic acid groups (broad SMARTS) is 1.